The van der Waals surface area contributed by atoms with Crippen LogP contribution >= 0.6 is 34.5 Å². The average Bonchev–Trinajstić information content (AvgIpc) is 3.14. The second-order valence-electron chi connectivity index (χ2n) is 4.91. The second kappa shape index (κ2) is 7.12. The predicted octanol–water partition coefficient (Wildman–Crippen LogP) is 2.81. The Hall–Kier alpha value is -1.94. The van der Waals surface area contributed by atoms with Gasteiger partial charge < -0.3 is 0 Å². The number of rotatable bonds is 5. The third kappa shape index (κ3) is 4.18. The van der Waals surface area contributed by atoms with Crippen molar-refractivity contribution in [2.24, 2.45) is 0 Å². The summed E-state index contributed by atoms with van der Waals surface area (Å²) in [5.41, 5.74) is 0.837. The van der Waals surface area contributed by atoms with Gasteiger partial charge in [-0.2, -0.15) is 0 Å². The van der Waals surface area contributed by atoms with Crippen molar-refractivity contribution >= 4 is 50.5 Å². The van der Waals surface area contributed by atoms with Crippen LogP contribution in [0.25, 0.3) is 0 Å². The van der Waals surface area contributed by atoms with E-state index in [1.807, 2.05) is 35.1 Å². The van der Waals surface area contributed by atoms with Crippen LogP contribution in [0.5, 0.6) is 0 Å². The molecular formula is C14H10Cl2N4O3S2. The lowest BCUT2D eigenvalue weighted by molar-refractivity contribution is 0.0976. The van der Waals surface area contributed by atoms with Gasteiger partial charge in [-0.3, -0.25) is 4.79 Å². The van der Waals surface area contributed by atoms with E-state index >= 15 is 0 Å². The van der Waals surface area contributed by atoms with Crippen molar-refractivity contribution in [3.8, 4) is 0 Å². The topological polar surface area (TPSA) is 94.0 Å². The lowest BCUT2D eigenvalue weighted by Crippen LogP contribution is -2.30. The first kappa shape index (κ1) is 17.9. The van der Waals surface area contributed by atoms with E-state index in [1.165, 1.54) is 16.9 Å². The molecule has 0 saturated carbocycles. The Kier molecular flexibility index (Phi) is 5.09. The van der Waals surface area contributed by atoms with Gasteiger partial charge in [0.1, 0.15) is 9.23 Å². The molecule has 3 aromatic rings. The van der Waals surface area contributed by atoms with E-state index in [1.54, 1.807) is 0 Å². The molecule has 0 spiro atoms. The molecule has 1 aromatic carbocycles. The predicted molar refractivity (Wildman–Crippen MR) is 94.6 cm³/mol. The number of aromatic nitrogens is 3. The number of carbonyl (C=O) groups is 1. The van der Waals surface area contributed by atoms with E-state index < -0.39 is 15.9 Å². The van der Waals surface area contributed by atoms with Gasteiger partial charge in [-0.05, 0) is 11.6 Å². The lowest BCUT2D eigenvalue weighted by atomic mass is 10.2. The fourth-order valence-corrected chi connectivity index (χ4v) is 5.10. The third-order valence-corrected chi connectivity index (χ3v) is 6.18. The Morgan fingerprint density at radius 2 is 1.96 bits per heavy atom. The number of hydrogen-bond donors (Lipinski definition) is 1. The standard InChI is InChI=1S/C14H10Cl2N4O3S2/c15-12-6-11(13(16)24-12)25(22,23)18-14(21)10-8-20(19-17-10)7-9-4-2-1-3-5-9/h1-6,8H,7H2,(H,18,21). The Morgan fingerprint density at radius 1 is 1.24 bits per heavy atom. The van der Waals surface area contributed by atoms with Crippen molar-refractivity contribution in [3.63, 3.8) is 0 Å². The fourth-order valence-electron chi connectivity index (χ4n) is 1.99. The lowest BCUT2D eigenvalue weighted by Gasteiger charge is -2.03. The summed E-state index contributed by atoms with van der Waals surface area (Å²) in [6.07, 6.45) is 1.36. The van der Waals surface area contributed by atoms with Crippen molar-refractivity contribution in [2.75, 3.05) is 0 Å². The van der Waals surface area contributed by atoms with Crippen LogP contribution in [0.2, 0.25) is 8.67 Å². The molecule has 0 bridgehead atoms. The Labute approximate surface area is 157 Å². The van der Waals surface area contributed by atoms with Gasteiger partial charge in [-0.25, -0.2) is 17.8 Å². The number of benzene rings is 1. The Balaban J connectivity index is 1.75. The largest absolute Gasteiger partial charge is 0.287 e. The molecule has 130 valence electrons. The Morgan fingerprint density at radius 3 is 2.60 bits per heavy atom. The number of thiophene rings is 1. The summed E-state index contributed by atoms with van der Waals surface area (Å²) in [7, 11) is -4.15. The second-order valence-corrected chi connectivity index (χ2v) is 8.85. The van der Waals surface area contributed by atoms with Crippen LogP contribution in [0.4, 0.5) is 0 Å². The first-order chi connectivity index (χ1) is 11.8. The van der Waals surface area contributed by atoms with E-state index in [2.05, 4.69) is 10.3 Å². The monoisotopic (exact) mass is 416 g/mol. The minimum atomic E-state index is -4.15. The smallest absolute Gasteiger partial charge is 0.266 e. The van der Waals surface area contributed by atoms with Crippen molar-refractivity contribution in [3.05, 3.63) is 62.5 Å². The fraction of sp³-hybridized carbons (Fsp3) is 0.0714. The maximum absolute atomic E-state index is 12.2. The molecule has 25 heavy (non-hydrogen) atoms. The molecule has 0 aliphatic rings. The zero-order valence-electron chi connectivity index (χ0n) is 12.4. The molecule has 11 heteroatoms. The molecule has 0 radical (unpaired) electrons. The van der Waals surface area contributed by atoms with Gasteiger partial charge in [-0.15, -0.1) is 16.4 Å². The summed E-state index contributed by atoms with van der Waals surface area (Å²) in [6, 6.07) is 10.6. The molecule has 0 atom stereocenters. The first-order valence-corrected chi connectivity index (χ1v) is 9.87. The summed E-state index contributed by atoms with van der Waals surface area (Å²) >= 11 is 12.5. The normalized spacial score (nSPS) is 11.4. The van der Waals surface area contributed by atoms with Crippen LogP contribution < -0.4 is 4.72 Å². The van der Waals surface area contributed by atoms with E-state index in [0.29, 0.717) is 6.54 Å². The quantitative estimate of drug-likeness (QED) is 0.689. The molecular weight excluding hydrogens is 407 g/mol. The van der Waals surface area contributed by atoms with Gasteiger partial charge in [0.05, 0.1) is 17.1 Å². The van der Waals surface area contributed by atoms with Crippen LogP contribution in [0.3, 0.4) is 0 Å². The van der Waals surface area contributed by atoms with Gasteiger partial charge in [0, 0.05) is 0 Å². The van der Waals surface area contributed by atoms with Crippen LogP contribution in [0.1, 0.15) is 16.1 Å². The van der Waals surface area contributed by atoms with E-state index in [-0.39, 0.29) is 19.3 Å². The zero-order chi connectivity index (χ0) is 18.0. The number of amides is 1. The molecule has 0 fully saturated rings. The zero-order valence-corrected chi connectivity index (χ0v) is 15.5. The number of carbonyl (C=O) groups excluding carboxylic acids is 1. The van der Waals surface area contributed by atoms with Crippen molar-refractivity contribution in [2.45, 2.75) is 11.4 Å². The van der Waals surface area contributed by atoms with Crippen LogP contribution in [0.15, 0.2) is 47.5 Å². The summed E-state index contributed by atoms with van der Waals surface area (Å²) in [6.45, 7) is 0.403. The molecule has 7 nitrogen and oxygen atoms in total. The van der Waals surface area contributed by atoms with Crippen molar-refractivity contribution in [1.29, 1.82) is 0 Å². The van der Waals surface area contributed by atoms with Crippen LogP contribution in [-0.4, -0.2) is 29.3 Å². The van der Waals surface area contributed by atoms with E-state index in [0.717, 1.165) is 16.9 Å². The highest BCUT2D eigenvalue weighted by atomic mass is 35.5. The van der Waals surface area contributed by atoms with E-state index in [9.17, 15) is 13.2 Å². The van der Waals surface area contributed by atoms with Gasteiger partial charge in [0.25, 0.3) is 15.9 Å². The van der Waals surface area contributed by atoms with Gasteiger partial charge in [0.2, 0.25) is 0 Å². The van der Waals surface area contributed by atoms with Crippen molar-refractivity contribution in [1.82, 2.24) is 19.7 Å². The maximum Gasteiger partial charge on any atom is 0.287 e. The number of nitrogens with zero attached hydrogens (tertiary/aromatic N) is 3. The number of nitrogens with one attached hydrogen (secondary N) is 1. The summed E-state index contributed by atoms with van der Waals surface area (Å²) in [4.78, 5) is 11.9. The highest BCUT2D eigenvalue weighted by Gasteiger charge is 2.25. The van der Waals surface area contributed by atoms with Gasteiger partial charge in [-0.1, -0.05) is 58.7 Å². The molecule has 3 rings (SSSR count). The molecule has 0 aliphatic carbocycles. The first-order valence-electron chi connectivity index (χ1n) is 6.81. The Bertz CT molecular complexity index is 1020. The van der Waals surface area contributed by atoms with Crippen LogP contribution in [-0.2, 0) is 16.6 Å². The summed E-state index contributed by atoms with van der Waals surface area (Å²) in [5.74, 6) is -0.905. The minimum absolute atomic E-state index is 0.0296. The van der Waals surface area contributed by atoms with Gasteiger partial charge >= 0.3 is 0 Å². The molecule has 1 amide bonds. The molecule has 2 heterocycles. The summed E-state index contributed by atoms with van der Waals surface area (Å²) in [5, 5.41) is 7.52. The minimum Gasteiger partial charge on any atom is -0.266 e. The van der Waals surface area contributed by atoms with E-state index in [4.69, 9.17) is 23.2 Å². The van der Waals surface area contributed by atoms with Crippen LogP contribution in [0, 0.1) is 0 Å². The SMILES string of the molecule is O=C(NS(=O)(=O)c1cc(Cl)sc1Cl)c1cn(Cc2ccccc2)nn1. The molecule has 0 saturated heterocycles. The van der Waals surface area contributed by atoms with Crippen molar-refractivity contribution < 1.29 is 13.2 Å². The molecule has 0 aliphatic heterocycles. The highest BCUT2D eigenvalue weighted by molar-refractivity contribution is 7.90. The molecule has 0 unspecified atom stereocenters. The average molecular weight is 417 g/mol. The highest BCUT2D eigenvalue weighted by Crippen LogP contribution is 2.34. The summed E-state index contributed by atoms with van der Waals surface area (Å²) < 4.78 is 28.0. The molecule has 1 N–H and O–H groups in total. The number of sulfonamides is 1. The number of hydrogen-bond acceptors (Lipinski definition) is 6. The number of halogens is 2. The third-order valence-electron chi connectivity index (χ3n) is 3.10. The molecule has 2 aromatic heterocycles. The van der Waals surface area contributed by atoms with Gasteiger partial charge in [0.15, 0.2) is 5.69 Å². The maximum atomic E-state index is 12.2.